The van der Waals surface area contributed by atoms with Gasteiger partial charge in [-0.15, -0.1) is 0 Å². The molecule has 0 rings (SSSR count). The number of ether oxygens (including phenoxy) is 3. The van der Waals surface area contributed by atoms with Crippen LogP contribution >= 0.6 is 0 Å². The summed E-state index contributed by atoms with van der Waals surface area (Å²) in [6.07, 6.45) is 70.7. The molecule has 0 N–H and O–H groups in total. The number of carbonyl (C=O) groups excluding carboxylic acids is 3. The third-order valence-electron chi connectivity index (χ3n) is 10.2. The van der Waals surface area contributed by atoms with Crippen LogP contribution in [0.5, 0.6) is 0 Å². The number of esters is 3. The summed E-state index contributed by atoms with van der Waals surface area (Å²) in [5.41, 5.74) is 0. The Kier molecular flexibility index (Phi) is 48.1. The molecule has 0 heterocycles. The van der Waals surface area contributed by atoms with Gasteiger partial charge in [-0.25, -0.2) is 0 Å². The van der Waals surface area contributed by atoms with Gasteiger partial charge in [0.15, 0.2) is 6.10 Å². The van der Waals surface area contributed by atoms with E-state index in [1.54, 1.807) is 0 Å². The van der Waals surface area contributed by atoms with E-state index in [-0.39, 0.29) is 44.0 Å². The van der Waals surface area contributed by atoms with E-state index >= 15 is 0 Å². The first-order valence-corrected chi connectivity index (χ1v) is 25.6. The maximum atomic E-state index is 12.8. The summed E-state index contributed by atoms with van der Waals surface area (Å²) in [7, 11) is 0. The Hall–Kier alpha value is -4.19. The molecule has 360 valence electrons. The van der Waals surface area contributed by atoms with Gasteiger partial charge in [0, 0.05) is 19.3 Å². The molecule has 0 fully saturated rings. The van der Waals surface area contributed by atoms with Crippen LogP contribution in [0.1, 0.15) is 207 Å². The molecule has 6 nitrogen and oxygen atoms in total. The molecule has 0 radical (unpaired) electrons. The molecule has 0 aliphatic rings. The number of allylic oxidation sites excluding steroid dienone is 20. The predicted molar refractivity (Wildman–Crippen MR) is 274 cm³/mol. The predicted octanol–water partition coefficient (Wildman–Crippen LogP) is 16.9. The fraction of sp³-hybridized carbons (Fsp3) is 0.603. The highest BCUT2D eigenvalue weighted by Gasteiger charge is 2.19. The van der Waals surface area contributed by atoms with Gasteiger partial charge in [0.1, 0.15) is 13.2 Å². The molecular weight excluding hydrogens is 793 g/mol. The summed E-state index contributed by atoms with van der Waals surface area (Å²) in [6.45, 7) is 6.26. The lowest BCUT2D eigenvalue weighted by Gasteiger charge is -2.18. The first-order valence-electron chi connectivity index (χ1n) is 25.6. The van der Waals surface area contributed by atoms with Crippen LogP contribution in [0.15, 0.2) is 122 Å². The minimum Gasteiger partial charge on any atom is -0.462 e. The number of unbranched alkanes of at least 4 members (excludes halogenated alkanes) is 14. The second-order valence-corrected chi connectivity index (χ2v) is 16.3. The second-order valence-electron chi connectivity index (χ2n) is 16.3. The van der Waals surface area contributed by atoms with Crippen LogP contribution in [0.25, 0.3) is 0 Å². The molecule has 0 aliphatic carbocycles. The van der Waals surface area contributed by atoms with Crippen molar-refractivity contribution in [3.63, 3.8) is 0 Å². The standard InChI is InChI=1S/C58H92O6/c1-4-7-10-13-16-19-21-23-25-27-29-31-32-34-36-39-42-45-48-51-57(60)63-54-55(53-62-56(59)50-47-44-41-38-18-15-12-9-6-3)64-58(61)52-49-46-43-40-37-35-33-30-28-26-24-22-20-17-14-11-8-5-2/h7,9-10,12,16,18-19,23,25-26,28-31,33-34,36,38,42,45,55H,4-6,8,11,13-15,17,20-22,24,27,32,35,37,39-41,43-44,46-54H2,1-3H3/b10-7-,12-9-,19-16-,25-23-,28-26-,31-29-,33-30-,36-34-,38-18-,45-42-. The minimum atomic E-state index is -0.832. The van der Waals surface area contributed by atoms with Crippen LogP contribution in [0, 0.1) is 0 Å². The van der Waals surface area contributed by atoms with Gasteiger partial charge < -0.3 is 14.2 Å². The Labute approximate surface area is 392 Å². The maximum absolute atomic E-state index is 12.8. The smallest absolute Gasteiger partial charge is 0.306 e. The molecule has 0 amide bonds. The largest absolute Gasteiger partial charge is 0.462 e. The molecule has 0 aliphatic heterocycles. The van der Waals surface area contributed by atoms with Crippen LogP contribution in [0.2, 0.25) is 0 Å². The highest BCUT2D eigenvalue weighted by atomic mass is 16.6. The molecule has 0 aromatic rings. The molecule has 0 aromatic heterocycles. The van der Waals surface area contributed by atoms with Gasteiger partial charge in [-0.05, 0) is 109 Å². The zero-order valence-corrected chi connectivity index (χ0v) is 41.0. The Balaban J connectivity index is 4.51. The lowest BCUT2D eigenvalue weighted by Crippen LogP contribution is -2.30. The van der Waals surface area contributed by atoms with Crippen molar-refractivity contribution >= 4 is 17.9 Å². The number of rotatable bonds is 44. The fourth-order valence-electron chi connectivity index (χ4n) is 6.44. The van der Waals surface area contributed by atoms with Gasteiger partial charge >= 0.3 is 17.9 Å². The Morgan fingerprint density at radius 1 is 0.344 bits per heavy atom. The van der Waals surface area contributed by atoms with Crippen LogP contribution in [-0.2, 0) is 28.6 Å². The van der Waals surface area contributed by atoms with Crippen LogP contribution < -0.4 is 0 Å². The molecule has 0 spiro atoms. The topological polar surface area (TPSA) is 78.9 Å². The third kappa shape index (κ3) is 48.8. The first-order chi connectivity index (χ1) is 31.5. The minimum absolute atomic E-state index is 0.128. The van der Waals surface area contributed by atoms with Gasteiger partial charge in [-0.2, -0.15) is 0 Å². The van der Waals surface area contributed by atoms with Crippen molar-refractivity contribution < 1.29 is 28.6 Å². The summed E-state index contributed by atoms with van der Waals surface area (Å²) in [5, 5.41) is 0. The zero-order chi connectivity index (χ0) is 46.5. The summed E-state index contributed by atoms with van der Waals surface area (Å²) < 4.78 is 16.6. The monoisotopic (exact) mass is 885 g/mol. The quantitative estimate of drug-likeness (QED) is 0.0199. The van der Waals surface area contributed by atoms with E-state index in [0.717, 1.165) is 103 Å². The van der Waals surface area contributed by atoms with Crippen molar-refractivity contribution in [1.29, 1.82) is 0 Å². The summed E-state index contributed by atoms with van der Waals surface area (Å²) >= 11 is 0. The van der Waals surface area contributed by atoms with Crippen molar-refractivity contribution in [2.75, 3.05) is 13.2 Å². The maximum Gasteiger partial charge on any atom is 0.306 e. The SMILES string of the molecule is CC/C=C\C/C=C\C/C=C\C/C=C\C/C=C\C/C=C\CCC(=O)OCC(COC(=O)CCCC/C=C\C/C=C\CC)OC(=O)CCCCCCC/C=C\C=C/CCCCCCCCC. The molecule has 0 saturated carbocycles. The lowest BCUT2D eigenvalue weighted by atomic mass is 10.1. The van der Waals surface area contributed by atoms with E-state index in [1.807, 2.05) is 12.2 Å². The zero-order valence-electron chi connectivity index (χ0n) is 41.0. The molecule has 1 unspecified atom stereocenters. The van der Waals surface area contributed by atoms with Crippen molar-refractivity contribution in [3.8, 4) is 0 Å². The number of hydrogen-bond donors (Lipinski definition) is 0. The van der Waals surface area contributed by atoms with Gasteiger partial charge in [0.2, 0.25) is 0 Å². The van der Waals surface area contributed by atoms with Crippen molar-refractivity contribution in [1.82, 2.24) is 0 Å². The van der Waals surface area contributed by atoms with Gasteiger partial charge in [-0.3, -0.25) is 14.4 Å². The van der Waals surface area contributed by atoms with Crippen LogP contribution in [0.4, 0.5) is 0 Å². The average molecular weight is 885 g/mol. The van der Waals surface area contributed by atoms with E-state index in [0.29, 0.717) is 19.3 Å². The molecule has 6 heteroatoms. The number of hydrogen-bond acceptors (Lipinski definition) is 6. The van der Waals surface area contributed by atoms with Gasteiger partial charge in [0.05, 0.1) is 0 Å². The van der Waals surface area contributed by atoms with Crippen molar-refractivity contribution in [3.05, 3.63) is 122 Å². The second kappa shape index (κ2) is 51.4. The van der Waals surface area contributed by atoms with Crippen LogP contribution in [-0.4, -0.2) is 37.2 Å². The third-order valence-corrected chi connectivity index (χ3v) is 10.2. The molecule has 1 atom stereocenters. The Morgan fingerprint density at radius 3 is 1.17 bits per heavy atom. The van der Waals surface area contributed by atoms with Gasteiger partial charge in [-0.1, -0.05) is 200 Å². The average Bonchev–Trinajstić information content (AvgIpc) is 3.29. The molecular formula is C58H92O6. The normalized spacial score (nSPS) is 13.1. The van der Waals surface area contributed by atoms with Crippen molar-refractivity contribution in [2.24, 2.45) is 0 Å². The summed E-state index contributed by atoms with van der Waals surface area (Å²) in [6, 6.07) is 0. The summed E-state index contributed by atoms with van der Waals surface area (Å²) in [4.78, 5) is 37.8. The first kappa shape index (κ1) is 59.8. The molecule has 0 saturated heterocycles. The Morgan fingerprint density at radius 2 is 0.688 bits per heavy atom. The van der Waals surface area contributed by atoms with E-state index < -0.39 is 6.10 Å². The van der Waals surface area contributed by atoms with Gasteiger partial charge in [0.25, 0.3) is 0 Å². The highest BCUT2D eigenvalue weighted by molar-refractivity contribution is 5.71. The van der Waals surface area contributed by atoms with Crippen molar-refractivity contribution in [2.45, 2.75) is 213 Å². The van der Waals surface area contributed by atoms with Crippen LogP contribution in [0.3, 0.4) is 0 Å². The van der Waals surface area contributed by atoms with E-state index in [9.17, 15) is 14.4 Å². The highest BCUT2D eigenvalue weighted by Crippen LogP contribution is 2.12. The molecule has 0 aromatic carbocycles. The summed E-state index contributed by atoms with van der Waals surface area (Å²) in [5.74, 6) is -1.07. The Bertz CT molecular complexity index is 1390. The van der Waals surface area contributed by atoms with E-state index in [2.05, 4.69) is 130 Å². The number of carbonyl (C=O) groups is 3. The van der Waals surface area contributed by atoms with E-state index in [4.69, 9.17) is 14.2 Å². The van der Waals surface area contributed by atoms with E-state index in [1.165, 1.54) is 51.4 Å². The molecule has 64 heavy (non-hydrogen) atoms. The fourth-order valence-corrected chi connectivity index (χ4v) is 6.44. The molecule has 0 bridgehead atoms. The lowest BCUT2D eigenvalue weighted by molar-refractivity contribution is -0.166.